The second-order valence-corrected chi connectivity index (χ2v) is 10.5. The molecule has 1 amide bonds. The van der Waals surface area contributed by atoms with E-state index in [9.17, 15) is 13.2 Å². The highest BCUT2D eigenvalue weighted by Crippen LogP contribution is 2.29. The molecule has 30 heavy (non-hydrogen) atoms. The van der Waals surface area contributed by atoms with Crippen molar-refractivity contribution in [2.24, 2.45) is 0 Å². The molecule has 5 nitrogen and oxygen atoms in total. The zero-order chi connectivity index (χ0) is 22.1. The van der Waals surface area contributed by atoms with E-state index in [2.05, 4.69) is 19.2 Å². The number of carbonyl (C=O) groups is 1. The van der Waals surface area contributed by atoms with Crippen molar-refractivity contribution in [2.75, 3.05) is 11.9 Å². The number of para-hydroxylation sites is 1. The lowest BCUT2D eigenvalue weighted by molar-refractivity contribution is 0.102. The van der Waals surface area contributed by atoms with Gasteiger partial charge in [-0.1, -0.05) is 44.5 Å². The Kier molecular flexibility index (Phi) is 6.68. The Morgan fingerprint density at radius 1 is 1.10 bits per heavy atom. The number of benzene rings is 2. The fraction of sp³-hybridized carbons (Fsp3) is 0.458. The second-order valence-electron chi connectivity index (χ2n) is 8.59. The van der Waals surface area contributed by atoms with Gasteiger partial charge in [-0.15, -0.1) is 0 Å². The smallest absolute Gasteiger partial charge is 0.255 e. The van der Waals surface area contributed by atoms with Gasteiger partial charge >= 0.3 is 0 Å². The monoisotopic (exact) mass is 428 g/mol. The number of anilines is 1. The molecular formula is C24H32N2O3S. The predicted octanol–water partition coefficient (Wildman–Crippen LogP) is 5.24. The number of piperidine rings is 1. The summed E-state index contributed by atoms with van der Waals surface area (Å²) in [5.74, 6) is -0.0268. The first-order chi connectivity index (χ1) is 14.1. The Bertz CT molecular complexity index is 1040. The van der Waals surface area contributed by atoms with Crippen molar-refractivity contribution >= 4 is 21.6 Å². The quantitative estimate of drug-likeness (QED) is 0.708. The molecule has 0 bridgehead atoms. The van der Waals surface area contributed by atoms with Gasteiger partial charge in [-0.2, -0.15) is 4.31 Å². The van der Waals surface area contributed by atoms with Gasteiger partial charge in [0.05, 0.1) is 4.90 Å². The molecule has 1 atom stereocenters. The number of nitrogens with one attached hydrogen (secondary N) is 1. The van der Waals surface area contributed by atoms with Gasteiger partial charge in [0.2, 0.25) is 10.0 Å². The van der Waals surface area contributed by atoms with Crippen molar-refractivity contribution < 1.29 is 13.2 Å². The standard InChI is InChI=1S/C24H32N2O3S/c1-16(2)21-11-8-9-18(4)23(21)25-24(27)22-15-20(13-12-17(22)3)30(28,29)26-14-7-6-10-19(26)5/h8-9,11-13,15-16,19H,6-7,10,14H2,1-5H3,(H,25,27). The van der Waals surface area contributed by atoms with Crippen LogP contribution in [0.4, 0.5) is 5.69 Å². The van der Waals surface area contributed by atoms with Crippen LogP contribution in [0.5, 0.6) is 0 Å². The third-order valence-corrected chi connectivity index (χ3v) is 7.98. The molecule has 1 aliphatic rings. The van der Waals surface area contributed by atoms with Crippen LogP contribution in [0.25, 0.3) is 0 Å². The Morgan fingerprint density at radius 3 is 2.50 bits per heavy atom. The average Bonchev–Trinajstić information content (AvgIpc) is 2.69. The number of hydrogen-bond acceptors (Lipinski definition) is 3. The lowest BCUT2D eigenvalue weighted by Gasteiger charge is -2.32. The van der Waals surface area contributed by atoms with Crippen molar-refractivity contribution in [2.45, 2.75) is 70.7 Å². The van der Waals surface area contributed by atoms with E-state index in [0.29, 0.717) is 12.1 Å². The van der Waals surface area contributed by atoms with Crippen LogP contribution in [-0.4, -0.2) is 31.2 Å². The van der Waals surface area contributed by atoms with Crippen molar-refractivity contribution in [3.05, 3.63) is 58.7 Å². The highest BCUT2D eigenvalue weighted by atomic mass is 32.2. The Labute approximate surface area is 180 Å². The minimum Gasteiger partial charge on any atom is -0.321 e. The molecule has 0 aromatic heterocycles. The molecule has 2 aromatic carbocycles. The van der Waals surface area contributed by atoms with E-state index in [1.807, 2.05) is 39.0 Å². The maximum absolute atomic E-state index is 13.2. The molecular weight excluding hydrogens is 396 g/mol. The molecule has 1 saturated heterocycles. The minimum atomic E-state index is -3.63. The molecule has 0 aliphatic carbocycles. The summed E-state index contributed by atoms with van der Waals surface area (Å²) < 4.78 is 28.0. The molecule has 1 fully saturated rings. The van der Waals surface area contributed by atoms with Gasteiger partial charge in [-0.3, -0.25) is 4.79 Å². The highest BCUT2D eigenvalue weighted by molar-refractivity contribution is 7.89. The maximum Gasteiger partial charge on any atom is 0.255 e. The van der Waals surface area contributed by atoms with Gasteiger partial charge in [0, 0.05) is 23.8 Å². The first-order valence-electron chi connectivity index (χ1n) is 10.7. The highest BCUT2D eigenvalue weighted by Gasteiger charge is 2.31. The van der Waals surface area contributed by atoms with Gasteiger partial charge in [-0.25, -0.2) is 8.42 Å². The number of carbonyl (C=O) groups excluding carboxylic acids is 1. The van der Waals surface area contributed by atoms with Gasteiger partial charge in [0.15, 0.2) is 0 Å². The van der Waals surface area contributed by atoms with Crippen LogP contribution in [0.3, 0.4) is 0 Å². The number of amides is 1. The summed E-state index contributed by atoms with van der Waals surface area (Å²) in [5, 5.41) is 3.04. The molecule has 3 rings (SSSR count). The molecule has 6 heteroatoms. The van der Waals surface area contributed by atoms with Gasteiger partial charge < -0.3 is 5.32 Å². The van der Waals surface area contributed by atoms with E-state index in [1.54, 1.807) is 16.4 Å². The molecule has 2 aromatic rings. The zero-order valence-electron chi connectivity index (χ0n) is 18.5. The average molecular weight is 429 g/mol. The van der Waals surface area contributed by atoms with Crippen LogP contribution in [0.1, 0.15) is 73.0 Å². The lowest BCUT2D eigenvalue weighted by Crippen LogP contribution is -2.42. The predicted molar refractivity (Wildman–Crippen MR) is 122 cm³/mol. The first-order valence-corrected chi connectivity index (χ1v) is 12.1. The summed E-state index contributed by atoms with van der Waals surface area (Å²) in [7, 11) is -3.63. The van der Waals surface area contributed by atoms with Crippen LogP contribution in [-0.2, 0) is 10.0 Å². The molecule has 0 spiro atoms. The van der Waals surface area contributed by atoms with E-state index in [4.69, 9.17) is 0 Å². The lowest BCUT2D eigenvalue weighted by atomic mass is 9.97. The van der Waals surface area contributed by atoms with Crippen molar-refractivity contribution in [1.29, 1.82) is 0 Å². The minimum absolute atomic E-state index is 0.0251. The Hall–Kier alpha value is -2.18. The van der Waals surface area contributed by atoms with Crippen LogP contribution in [0, 0.1) is 13.8 Å². The number of nitrogens with zero attached hydrogens (tertiary/aromatic N) is 1. The third kappa shape index (κ3) is 4.44. The van der Waals surface area contributed by atoms with E-state index in [1.165, 1.54) is 6.07 Å². The normalized spacial score (nSPS) is 17.9. The van der Waals surface area contributed by atoms with E-state index < -0.39 is 10.0 Å². The van der Waals surface area contributed by atoms with Crippen LogP contribution >= 0.6 is 0 Å². The van der Waals surface area contributed by atoms with Crippen LogP contribution in [0.15, 0.2) is 41.3 Å². The Balaban J connectivity index is 1.96. The fourth-order valence-electron chi connectivity index (χ4n) is 4.09. The fourth-order valence-corrected chi connectivity index (χ4v) is 5.82. The SMILES string of the molecule is Cc1ccc(S(=O)(=O)N2CCCCC2C)cc1C(=O)Nc1c(C)cccc1C(C)C. The third-order valence-electron chi connectivity index (χ3n) is 5.97. The summed E-state index contributed by atoms with van der Waals surface area (Å²) in [5.41, 5.74) is 3.98. The molecule has 0 radical (unpaired) electrons. The second kappa shape index (κ2) is 8.90. The number of sulfonamides is 1. The largest absolute Gasteiger partial charge is 0.321 e. The van der Waals surface area contributed by atoms with Crippen molar-refractivity contribution in [1.82, 2.24) is 4.31 Å². The first kappa shape index (κ1) is 22.5. The van der Waals surface area contributed by atoms with Gasteiger partial charge in [0.25, 0.3) is 5.91 Å². The van der Waals surface area contributed by atoms with Crippen LogP contribution < -0.4 is 5.32 Å². The van der Waals surface area contributed by atoms with Gasteiger partial charge in [0.1, 0.15) is 0 Å². The van der Waals surface area contributed by atoms with E-state index in [0.717, 1.165) is 41.6 Å². The topological polar surface area (TPSA) is 66.5 Å². The summed E-state index contributed by atoms with van der Waals surface area (Å²) in [4.78, 5) is 13.3. The summed E-state index contributed by atoms with van der Waals surface area (Å²) >= 11 is 0. The molecule has 1 N–H and O–H groups in total. The zero-order valence-corrected chi connectivity index (χ0v) is 19.3. The maximum atomic E-state index is 13.2. The van der Waals surface area contributed by atoms with Crippen molar-refractivity contribution in [3.63, 3.8) is 0 Å². The molecule has 0 saturated carbocycles. The van der Waals surface area contributed by atoms with E-state index >= 15 is 0 Å². The Morgan fingerprint density at radius 2 is 1.83 bits per heavy atom. The van der Waals surface area contributed by atoms with E-state index in [-0.39, 0.29) is 22.8 Å². The molecule has 1 heterocycles. The summed E-state index contributed by atoms with van der Waals surface area (Å²) in [6.45, 7) is 10.4. The molecule has 1 unspecified atom stereocenters. The molecule has 1 aliphatic heterocycles. The van der Waals surface area contributed by atoms with Crippen molar-refractivity contribution in [3.8, 4) is 0 Å². The molecule has 162 valence electrons. The summed E-state index contributed by atoms with van der Waals surface area (Å²) in [6.07, 6.45) is 2.78. The summed E-state index contributed by atoms with van der Waals surface area (Å²) in [6, 6.07) is 10.8. The van der Waals surface area contributed by atoms with Crippen LogP contribution in [0.2, 0.25) is 0 Å². The number of hydrogen-bond donors (Lipinski definition) is 1. The number of aryl methyl sites for hydroxylation is 2. The van der Waals surface area contributed by atoms with Gasteiger partial charge in [-0.05, 0) is 68.4 Å². The number of rotatable bonds is 5.